The van der Waals surface area contributed by atoms with Crippen molar-refractivity contribution in [2.24, 2.45) is 11.8 Å². The van der Waals surface area contributed by atoms with Crippen LogP contribution < -0.4 is 10.3 Å². The average molecular weight is 497 g/mol. The SMILES string of the molecule is CCc1c(CC2CCCCC2)nc(SCC(=O)c2ccc(OC(=O)C3CCCCC3)cc2)[nH]c1=O. The third kappa shape index (κ3) is 7.06. The van der Waals surface area contributed by atoms with E-state index in [1.807, 2.05) is 6.92 Å². The molecule has 1 aromatic heterocycles. The number of carbonyl (C=O) groups is 2. The molecule has 0 saturated heterocycles. The van der Waals surface area contributed by atoms with Crippen LogP contribution in [-0.4, -0.2) is 27.5 Å². The number of aromatic amines is 1. The maximum atomic E-state index is 12.8. The summed E-state index contributed by atoms with van der Waals surface area (Å²) in [7, 11) is 0. The molecular weight excluding hydrogens is 460 g/mol. The summed E-state index contributed by atoms with van der Waals surface area (Å²) >= 11 is 1.26. The number of benzene rings is 1. The molecule has 0 aliphatic heterocycles. The Morgan fingerprint density at radius 2 is 1.66 bits per heavy atom. The van der Waals surface area contributed by atoms with E-state index in [-0.39, 0.29) is 29.0 Å². The molecule has 0 atom stereocenters. The lowest BCUT2D eigenvalue weighted by atomic mass is 9.85. The minimum Gasteiger partial charge on any atom is -0.426 e. The maximum absolute atomic E-state index is 12.8. The van der Waals surface area contributed by atoms with Gasteiger partial charge in [-0.05, 0) is 55.9 Å². The van der Waals surface area contributed by atoms with Crippen LogP contribution in [0.15, 0.2) is 34.2 Å². The minimum atomic E-state index is -0.172. The third-order valence-corrected chi connectivity index (χ3v) is 8.19. The first-order valence-electron chi connectivity index (χ1n) is 13.1. The lowest BCUT2D eigenvalue weighted by Gasteiger charge is -2.22. The second kappa shape index (κ2) is 12.5. The van der Waals surface area contributed by atoms with Crippen LogP contribution in [0.2, 0.25) is 0 Å². The summed E-state index contributed by atoms with van der Waals surface area (Å²) in [6, 6.07) is 6.74. The van der Waals surface area contributed by atoms with E-state index in [1.54, 1.807) is 24.3 Å². The van der Waals surface area contributed by atoms with Gasteiger partial charge in [-0.1, -0.05) is 70.1 Å². The molecular formula is C28H36N2O4S. The number of nitrogens with one attached hydrogen (secondary N) is 1. The highest BCUT2D eigenvalue weighted by Crippen LogP contribution is 2.28. The van der Waals surface area contributed by atoms with Crippen LogP contribution in [-0.2, 0) is 17.6 Å². The van der Waals surface area contributed by atoms with Gasteiger partial charge in [0.2, 0.25) is 0 Å². The van der Waals surface area contributed by atoms with Crippen LogP contribution in [0.4, 0.5) is 0 Å². The molecule has 1 heterocycles. The van der Waals surface area contributed by atoms with Gasteiger partial charge in [0.25, 0.3) is 5.56 Å². The van der Waals surface area contributed by atoms with Crippen molar-refractivity contribution < 1.29 is 14.3 Å². The summed E-state index contributed by atoms with van der Waals surface area (Å²) in [5, 5.41) is 0.504. The van der Waals surface area contributed by atoms with Gasteiger partial charge in [-0.15, -0.1) is 0 Å². The number of hydrogen-bond acceptors (Lipinski definition) is 6. The Kier molecular flexibility index (Phi) is 9.18. The van der Waals surface area contributed by atoms with Gasteiger partial charge in [-0.3, -0.25) is 14.4 Å². The summed E-state index contributed by atoms with van der Waals surface area (Å²) < 4.78 is 5.52. The summed E-state index contributed by atoms with van der Waals surface area (Å²) in [4.78, 5) is 45.4. The zero-order valence-corrected chi connectivity index (χ0v) is 21.5. The number of hydrogen-bond donors (Lipinski definition) is 1. The van der Waals surface area contributed by atoms with Crippen LogP contribution in [0.1, 0.15) is 92.7 Å². The van der Waals surface area contributed by atoms with E-state index in [4.69, 9.17) is 9.72 Å². The molecule has 6 nitrogen and oxygen atoms in total. The molecule has 2 aliphatic carbocycles. The molecule has 2 fully saturated rings. The van der Waals surface area contributed by atoms with Crippen molar-refractivity contribution >= 4 is 23.5 Å². The fraction of sp³-hybridized carbons (Fsp3) is 0.571. The van der Waals surface area contributed by atoms with E-state index in [2.05, 4.69) is 4.98 Å². The fourth-order valence-corrected chi connectivity index (χ4v) is 6.03. The van der Waals surface area contributed by atoms with E-state index >= 15 is 0 Å². The Morgan fingerprint density at radius 3 is 2.31 bits per heavy atom. The Bertz CT molecular complexity index is 1070. The van der Waals surface area contributed by atoms with Gasteiger partial charge >= 0.3 is 5.97 Å². The van der Waals surface area contributed by atoms with Gasteiger partial charge in [-0.25, -0.2) is 4.98 Å². The Labute approximate surface area is 211 Å². The molecule has 0 spiro atoms. The van der Waals surface area contributed by atoms with Gasteiger partial charge in [-0.2, -0.15) is 0 Å². The molecule has 2 saturated carbocycles. The number of esters is 1. The largest absolute Gasteiger partial charge is 0.426 e. The molecule has 4 rings (SSSR count). The summed E-state index contributed by atoms with van der Waals surface area (Å²) in [5.74, 6) is 0.994. The predicted molar refractivity (Wildman–Crippen MR) is 138 cm³/mol. The highest BCUT2D eigenvalue weighted by atomic mass is 32.2. The standard InChI is InChI=1S/C28H36N2O4S/c1-2-23-24(17-19-9-5-3-6-10-19)29-28(30-26(23)32)35-18-25(31)20-13-15-22(16-14-20)34-27(33)21-11-7-4-8-12-21/h13-16,19,21H,2-12,17-18H2,1H3,(H,29,30,32). The number of aromatic nitrogens is 2. The Morgan fingerprint density at radius 1 is 1.00 bits per heavy atom. The molecule has 35 heavy (non-hydrogen) atoms. The van der Waals surface area contributed by atoms with Crippen molar-refractivity contribution in [2.75, 3.05) is 5.75 Å². The van der Waals surface area contributed by atoms with Gasteiger partial charge in [0.1, 0.15) is 5.75 Å². The zero-order valence-electron chi connectivity index (χ0n) is 20.6. The van der Waals surface area contributed by atoms with Gasteiger partial charge < -0.3 is 9.72 Å². The normalized spacial score (nSPS) is 17.3. The number of ether oxygens (including phenoxy) is 1. The van der Waals surface area contributed by atoms with Crippen LogP contribution in [0.25, 0.3) is 0 Å². The lowest BCUT2D eigenvalue weighted by molar-refractivity contribution is -0.139. The maximum Gasteiger partial charge on any atom is 0.314 e. The van der Waals surface area contributed by atoms with E-state index < -0.39 is 0 Å². The highest BCUT2D eigenvalue weighted by Gasteiger charge is 2.23. The smallest absolute Gasteiger partial charge is 0.314 e. The number of nitrogens with zero attached hydrogens (tertiary/aromatic N) is 1. The van der Waals surface area contributed by atoms with Crippen molar-refractivity contribution in [2.45, 2.75) is 89.1 Å². The van der Waals surface area contributed by atoms with E-state index in [0.29, 0.717) is 28.8 Å². The minimum absolute atomic E-state index is 0.0155. The van der Waals surface area contributed by atoms with E-state index in [9.17, 15) is 14.4 Å². The van der Waals surface area contributed by atoms with E-state index in [0.717, 1.165) is 43.4 Å². The van der Waals surface area contributed by atoms with Gasteiger partial charge in [0.05, 0.1) is 17.4 Å². The topological polar surface area (TPSA) is 89.1 Å². The van der Waals surface area contributed by atoms with E-state index in [1.165, 1.54) is 50.3 Å². The molecule has 1 N–H and O–H groups in total. The molecule has 0 radical (unpaired) electrons. The van der Waals surface area contributed by atoms with Crippen molar-refractivity contribution in [1.29, 1.82) is 0 Å². The number of rotatable bonds is 9. The second-order valence-corrected chi connectivity index (χ2v) is 10.8. The third-order valence-electron chi connectivity index (χ3n) is 7.31. The number of ketones is 1. The lowest BCUT2D eigenvalue weighted by Crippen LogP contribution is -2.22. The van der Waals surface area contributed by atoms with Crippen molar-refractivity contribution in [3.8, 4) is 5.75 Å². The molecule has 0 unspecified atom stereocenters. The van der Waals surface area contributed by atoms with Crippen molar-refractivity contribution in [3.05, 3.63) is 51.4 Å². The number of carbonyl (C=O) groups excluding carboxylic acids is 2. The summed E-state index contributed by atoms with van der Waals surface area (Å²) in [6.45, 7) is 1.99. The van der Waals surface area contributed by atoms with Crippen LogP contribution in [0.3, 0.4) is 0 Å². The monoisotopic (exact) mass is 496 g/mol. The molecule has 2 aromatic rings. The quantitative estimate of drug-likeness (QED) is 0.152. The first-order chi connectivity index (χ1) is 17.0. The van der Waals surface area contributed by atoms with Crippen LogP contribution in [0, 0.1) is 11.8 Å². The average Bonchev–Trinajstić information content (AvgIpc) is 2.89. The Balaban J connectivity index is 1.35. The number of H-pyrrole nitrogens is 1. The zero-order chi connectivity index (χ0) is 24.6. The van der Waals surface area contributed by atoms with Crippen LogP contribution in [0.5, 0.6) is 5.75 Å². The first-order valence-corrected chi connectivity index (χ1v) is 14.1. The van der Waals surface area contributed by atoms with Crippen molar-refractivity contribution in [3.63, 3.8) is 0 Å². The first kappa shape index (κ1) is 25.7. The van der Waals surface area contributed by atoms with Crippen molar-refractivity contribution in [1.82, 2.24) is 9.97 Å². The molecule has 0 amide bonds. The summed E-state index contributed by atoms with van der Waals surface area (Å²) in [6.07, 6.45) is 12.8. The Hall–Kier alpha value is -2.41. The number of thioether (sulfide) groups is 1. The van der Waals surface area contributed by atoms with Crippen LogP contribution >= 0.6 is 11.8 Å². The molecule has 7 heteroatoms. The fourth-order valence-electron chi connectivity index (χ4n) is 5.25. The summed E-state index contributed by atoms with van der Waals surface area (Å²) in [5.41, 5.74) is 2.11. The molecule has 2 aliphatic rings. The highest BCUT2D eigenvalue weighted by molar-refractivity contribution is 7.99. The van der Waals surface area contributed by atoms with Gasteiger partial charge in [0, 0.05) is 11.1 Å². The molecule has 0 bridgehead atoms. The second-order valence-electron chi connectivity index (χ2n) is 9.85. The number of Topliss-reactive ketones (excluding diaryl/α,β-unsaturated/α-hetero) is 1. The molecule has 188 valence electrons. The van der Waals surface area contributed by atoms with Gasteiger partial charge in [0.15, 0.2) is 10.9 Å². The predicted octanol–water partition coefficient (Wildman–Crippen LogP) is 5.92. The molecule has 1 aromatic carbocycles.